The molecule has 3 N–H and O–H groups in total. The summed E-state index contributed by atoms with van der Waals surface area (Å²) < 4.78 is 28.1. The molecule has 4 rings (SSSR count). The van der Waals surface area contributed by atoms with E-state index < -0.39 is 10.0 Å². The Labute approximate surface area is 186 Å². The van der Waals surface area contributed by atoms with Gasteiger partial charge in [-0.1, -0.05) is 36.4 Å². The van der Waals surface area contributed by atoms with Crippen molar-refractivity contribution < 1.29 is 18.0 Å². The van der Waals surface area contributed by atoms with Crippen molar-refractivity contribution in [3.05, 3.63) is 53.4 Å². The highest BCUT2D eigenvalue weighted by Crippen LogP contribution is 2.27. The van der Waals surface area contributed by atoms with Crippen LogP contribution in [0.1, 0.15) is 24.8 Å². The van der Waals surface area contributed by atoms with Crippen molar-refractivity contribution in [2.45, 2.75) is 48.1 Å². The maximum atomic E-state index is 12.5. The Hall–Kier alpha value is -2.27. The van der Waals surface area contributed by atoms with E-state index >= 15 is 0 Å². The standard InChI is InChI=1S/C21H26N4O4S2/c26-19(22-12-15-5-2-1-3-6-15)9-8-17-13-23-21(27)18-11-16(14-25(17)18)24-31(28,29)20-7-4-10-30-20/h1-7,10,16-18,24H,8-9,11-14H2,(H,22,26)(H,23,27). The zero-order valence-electron chi connectivity index (χ0n) is 17.0. The minimum atomic E-state index is -3.59. The van der Waals surface area contributed by atoms with Crippen molar-refractivity contribution in [1.29, 1.82) is 0 Å². The van der Waals surface area contributed by atoms with E-state index in [-0.39, 0.29) is 34.1 Å². The Bertz CT molecular complexity index is 1010. The summed E-state index contributed by atoms with van der Waals surface area (Å²) in [6.45, 7) is 1.41. The number of nitrogens with one attached hydrogen (secondary N) is 3. The second-order valence-corrected chi connectivity index (χ2v) is 10.8. The molecule has 0 spiro atoms. The van der Waals surface area contributed by atoms with Crippen LogP contribution in [0.2, 0.25) is 0 Å². The van der Waals surface area contributed by atoms with Crippen LogP contribution in [0.3, 0.4) is 0 Å². The summed E-state index contributed by atoms with van der Waals surface area (Å²) >= 11 is 1.17. The third-order valence-electron chi connectivity index (χ3n) is 5.74. The molecule has 2 aromatic rings. The highest BCUT2D eigenvalue weighted by atomic mass is 32.2. The molecule has 2 aliphatic rings. The zero-order valence-corrected chi connectivity index (χ0v) is 18.6. The van der Waals surface area contributed by atoms with Crippen LogP contribution in [-0.2, 0) is 26.2 Å². The molecule has 2 amide bonds. The number of sulfonamides is 1. The fourth-order valence-corrected chi connectivity index (χ4v) is 6.46. The number of hydrogen-bond acceptors (Lipinski definition) is 6. The summed E-state index contributed by atoms with van der Waals surface area (Å²) in [7, 11) is -3.59. The third-order valence-corrected chi connectivity index (χ3v) is 8.66. The van der Waals surface area contributed by atoms with Gasteiger partial charge in [0.25, 0.3) is 0 Å². The molecule has 10 heteroatoms. The van der Waals surface area contributed by atoms with E-state index in [2.05, 4.69) is 15.4 Å². The van der Waals surface area contributed by atoms with E-state index in [0.717, 1.165) is 5.56 Å². The molecule has 3 heterocycles. The third kappa shape index (κ3) is 5.32. The van der Waals surface area contributed by atoms with E-state index in [1.54, 1.807) is 17.5 Å². The molecule has 0 radical (unpaired) electrons. The number of carbonyl (C=O) groups is 2. The number of benzene rings is 1. The topological polar surface area (TPSA) is 108 Å². The van der Waals surface area contributed by atoms with Gasteiger partial charge < -0.3 is 10.6 Å². The highest BCUT2D eigenvalue weighted by Gasteiger charge is 2.44. The smallest absolute Gasteiger partial charge is 0.250 e. The van der Waals surface area contributed by atoms with E-state index in [0.29, 0.717) is 38.9 Å². The Morgan fingerprint density at radius 2 is 2.00 bits per heavy atom. The first kappa shape index (κ1) is 21.9. The van der Waals surface area contributed by atoms with Crippen molar-refractivity contribution in [3.63, 3.8) is 0 Å². The molecule has 0 bridgehead atoms. The predicted octanol–water partition coefficient (Wildman–Crippen LogP) is 1.06. The molecular formula is C21H26N4O4S2. The van der Waals surface area contributed by atoms with Gasteiger partial charge in [-0.25, -0.2) is 13.1 Å². The summed E-state index contributed by atoms with van der Waals surface area (Å²) in [6.07, 6.45) is 1.37. The molecule has 3 atom stereocenters. The van der Waals surface area contributed by atoms with Crippen molar-refractivity contribution in [2.24, 2.45) is 0 Å². The lowest BCUT2D eigenvalue weighted by molar-refractivity contribution is -0.129. The molecule has 31 heavy (non-hydrogen) atoms. The molecule has 1 aromatic carbocycles. The van der Waals surface area contributed by atoms with Crippen LogP contribution in [-0.4, -0.2) is 56.3 Å². The van der Waals surface area contributed by atoms with Gasteiger partial charge >= 0.3 is 0 Å². The molecule has 3 unspecified atom stereocenters. The summed E-state index contributed by atoms with van der Waals surface area (Å²) in [5.74, 6) is -0.117. The molecule has 2 aliphatic heterocycles. The largest absolute Gasteiger partial charge is 0.353 e. The molecule has 166 valence electrons. The van der Waals surface area contributed by atoms with Gasteiger partial charge in [0.15, 0.2) is 0 Å². The van der Waals surface area contributed by atoms with E-state index in [1.165, 1.54) is 11.3 Å². The molecule has 1 aromatic heterocycles. The van der Waals surface area contributed by atoms with Crippen molar-refractivity contribution in [2.75, 3.05) is 13.1 Å². The second-order valence-electron chi connectivity index (χ2n) is 7.90. The van der Waals surface area contributed by atoms with Gasteiger partial charge in [-0.3, -0.25) is 14.5 Å². The maximum Gasteiger partial charge on any atom is 0.250 e. The molecular weight excluding hydrogens is 436 g/mol. The van der Waals surface area contributed by atoms with Gasteiger partial charge in [-0.15, -0.1) is 11.3 Å². The number of piperazine rings is 1. The summed E-state index contributed by atoms with van der Waals surface area (Å²) in [5.41, 5.74) is 1.04. The Balaban J connectivity index is 1.31. The first-order chi connectivity index (χ1) is 14.9. The summed E-state index contributed by atoms with van der Waals surface area (Å²) in [5, 5.41) is 7.56. The Kier molecular flexibility index (Phi) is 6.71. The van der Waals surface area contributed by atoms with Gasteiger partial charge in [0.2, 0.25) is 21.8 Å². The number of thiophene rings is 1. The van der Waals surface area contributed by atoms with Crippen LogP contribution in [0.4, 0.5) is 0 Å². The fraction of sp³-hybridized carbons (Fsp3) is 0.429. The summed E-state index contributed by atoms with van der Waals surface area (Å²) in [6, 6.07) is 12.3. The van der Waals surface area contributed by atoms with Crippen LogP contribution in [0.25, 0.3) is 0 Å². The van der Waals surface area contributed by atoms with E-state index in [9.17, 15) is 18.0 Å². The van der Waals surface area contributed by atoms with Crippen LogP contribution >= 0.6 is 11.3 Å². The molecule has 2 fully saturated rings. The number of rotatable bonds is 8. The van der Waals surface area contributed by atoms with Gasteiger partial charge in [0, 0.05) is 38.1 Å². The molecule has 0 saturated carbocycles. The minimum absolute atomic E-state index is 0.00131. The van der Waals surface area contributed by atoms with Crippen LogP contribution in [0.15, 0.2) is 52.1 Å². The van der Waals surface area contributed by atoms with Crippen LogP contribution < -0.4 is 15.4 Å². The number of carbonyl (C=O) groups excluding carboxylic acids is 2. The first-order valence-corrected chi connectivity index (χ1v) is 12.7. The molecule has 0 aliphatic carbocycles. The quantitative estimate of drug-likeness (QED) is 0.544. The highest BCUT2D eigenvalue weighted by molar-refractivity contribution is 7.91. The number of fused-ring (bicyclic) bond motifs is 1. The van der Waals surface area contributed by atoms with Crippen LogP contribution in [0.5, 0.6) is 0 Å². The molecule has 8 nitrogen and oxygen atoms in total. The number of nitrogens with zero attached hydrogens (tertiary/aromatic N) is 1. The van der Waals surface area contributed by atoms with Crippen molar-refractivity contribution in [3.8, 4) is 0 Å². The zero-order chi connectivity index (χ0) is 21.8. The van der Waals surface area contributed by atoms with Crippen molar-refractivity contribution in [1.82, 2.24) is 20.3 Å². The normalized spacial score (nSPS) is 23.9. The SMILES string of the molecule is O=C(CCC1CNC(=O)C2CC(NS(=O)(=O)c3cccs3)CN12)NCc1ccccc1. The average Bonchev–Trinajstić information content (AvgIpc) is 3.43. The van der Waals surface area contributed by atoms with Gasteiger partial charge in [0.05, 0.1) is 6.04 Å². The Morgan fingerprint density at radius 3 is 2.74 bits per heavy atom. The monoisotopic (exact) mass is 462 g/mol. The number of hydrogen-bond donors (Lipinski definition) is 3. The lowest BCUT2D eigenvalue weighted by Gasteiger charge is -2.37. The lowest BCUT2D eigenvalue weighted by atomic mass is 10.0. The second kappa shape index (κ2) is 9.47. The van der Waals surface area contributed by atoms with E-state index in [1.807, 2.05) is 35.2 Å². The van der Waals surface area contributed by atoms with Gasteiger partial charge in [-0.05, 0) is 29.9 Å². The minimum Gasteiger partial charge on any atom is -0.353 e. The van der Waals surface area contributed by atoms with Gasteiger partial charge in [0.1, 0.15) is 4.21 Å². The fourth-order valence-electron chi connectivity index (χ4n) is 4.21. The van der Waals surface area contributed by atoms with Crippen LogP contribution in [0, 0.1) is 0 Å². The number of amides is 2. The summed E-state index contributed by atoms with van der Waals surface area (Å²) in [4.78, 5) is 26.7. The van der Waals surface area contributed by atoms with E-state index in [4.69, 9.17) is 0 Å². The molecule has 2 saturated heterocycles. The van der Waals surface area contributed by atoms with Crippen molar-refractivity contribution >= 4 is 33.2 Å². The average molecular weight is 463 g/mol. The maximum absolute atomic E-state index is 12.5. The van der Waals surface area contributed by atoms with Gasteiger partial charge in [-0.2, -0.15) is 0 Å². The first-order valence-electron chi connectivity index (χ1n) is 10.3. The lowest BCUT2D eigenvalue weighted by Crippen LogP contribution is -2.58. The predicted molar refractivity (Wildman–Crippen MR) is 118 cm³/mol. The Morgan fingerprint density at radius 1 is 1.19 bits per heavy atom.